The van der Waals surface area contributed by atoms with Crippen LogP contribution >= 0.6 is 11.8 Å². The van der Waals surface area contributed by atoms with E-state index in [2.05, 4.69) is 44.3 Å². The van der Waals surface area contributed by atoms with Gasteiger partial charge < -0.3 is 10.4 Å². The first kappa shape index (κ1) is 15.5. The molecular weight excluding hydrogens is 242 g/mol. The van der Waals surface area contributed by atoms with Gasteiger partial charge in [0.15, 0.2) is 0 Å². The third kappa shape index (κ3) is 5.89. The van der Waals surface area contributed by atoms with Crippen molar-refractivity contribution in [1.82, 2.24) is 5.32 Å². The molecule has 0 aliphatic heterocycles. The molecule has 3 heteroatoms. The maximum atomic E-state index is 9.26. The van der Waals surface area contributed by atoms with Crippen LogP contribution in [0.4, 0.5) is 0 Å². The lowest BCUT2D eigenvalue weighted by atomic mass is 10.1. The average Bonchev–Trinajstić information content (AvgIpc) is 2.32. The zero-order chi connectivity index (χ0) is 13.4. The lowest BCUT2D eigenvalue weighted by Gasteiger charge is -2.15. The number of aliphatic hydroxyl groups is 1. The quantitative estimate of drug-likeness (QED) is 0.759. The van der Waals surface area contributed by atoms with Crippen LogP contribution in [0.25, 0.3) is 0 Å². The fourth-order valence-corrected chi connectivity index (χ4v) is 3.02. The van der Waals surface area contributed by atoms with E-state index in [1.165, 1.54) is 16.7 Å². The summed E-state index contributed by atoms with van der Waals surface area (Å²) in [5.74, 6) is 1.98. The van der Waals surface area contributed by atoms with Crippen LogP contribution in [0, 0.1) is 13.8 Å². The van der Waals surface area contributed by atoms with Crippen molar-refractivity contribution in [3.63, 3.8) is 0 Å². The largest absolute Gasteiger partial charge is 0.395 e. The molecule has 0 aliphatic carbocycles. The Bertz CT molecular complexity index is 334. The molecule has 2 nitrogen and oxygen atoms in total. The molecule has 1 aromatic carbocycles. The number of nitrogens with one attached hydrogen (secondary N) is 1. The van der Waals surface area contributed by atoms with Crippen LogP contribution in [0.15, 0.2) is 18.2 Å². The van der Waals surface area contributed by atoms with E-state index in [0.717, 1.165) is 24.5 Å². The molecule has 102 valence electrons. The van der Waals surface area contributed by atoms with E-state index in [1.54, 1.807) is 0 Å². The van der Waals surface area contributed by atoms with Crippen molar-refractivity contribution >= 4 is 11.8 Å². The van der Waals surface area contributed by atoms with Gasteiger partial charge in [-0.25, -0.2) is 0 Å². The summed E-state index contributed by atoms with van der Waals surface area (Å²) in [6.07, 6.45) is 1.11. The van der Waals surface area contributed by atoms with Crippen LogP contribution in [-0.4, -0.2) is 30.1 Å². The summed E-state index contributed by atoms with van der Waals surface area (Å²) in [6.45, 7) is 7.63. The van der Waals surface area contributed by atoms with E-state index in [1.807, 2.05) is 11.8 Å². The minimum atomic E-state index is 0.222. The highest BCUT2D eigenvalue weighted by Gasteiger charge is 2.06. The molecule has 0 bridgehead atoms. The van der Waals surface area contributed by atoms with Crippen molar-refractivity contribution in [1.29, 1.82) is 0 Å². The molecular formula is C15H25NOS. The Morgan fingerprint density at radius 3 is 2.44 bits per heavy atom. The lowest BCUT2D eigenvalue weighted by molar-refractivity contribution is 0.254. The monoisotopic (exact) mass is 267 g/mol. The van der Waals surface area contributed by atoms with Crippen molar-refractivity contribution in [2.75, 3.05) is 18.9 Å². The summed E-state index contributed by atoms with van der Waals surface area (Å²) < 4.78 is 0. The molecule has 1 unspecified atom stereocenters. The van der Waals surface area contributed by atoms with Crippen LogP contribution in [0.1, 0.15) is 30.0 Å². The van der Waals surface area contributed by atoms with Gasteiger partial charge >= 0.3 is 0 Å². The predicted molar refractivity (Wildman–Crippen MR) is 81.2 cm³/mol. The molecule has 0 heterocycles. The Hall–Kier alpha value is -0.510. The van der Waals surface area contributed by atoms with Crippen molar-refractivity contribution in [3.8, 4) is 0 Å². The van der Waals surface area contributed by atoms with Crippen molar-refractivity contribution in [2.24, 2.45) is 0 Å². The molecule has 0 aromatic heterocycles. The molecule has 0 aliphatic rings. The summed E-state index contributed by atoms with van der Waals surface area (Å²) in [5.41, 5.74) is 4.03. The highest BCUT2D eigenvalue weighted by molar-refractivity contribution is 7.98. The third-order valence-electron chi connectivity index (χ3n) is 2.77. The zero-order valence-corrected chi connectivity index (χ0v) is 12.5. The molecule has 1 rings (SSSR count). The second kappa shape index (κ2) is 8.57. The van der Waals surface area contributed by atoms with Gasteiger partial charge in [0.1, 0.15) is 0 Å². The Labute approximate surface area is 115 Å². The second-order valence-electron chi connectivity index (χ2n) is 4.84. The van der Waals surface area contributed by atoms with Crippen molar-refractivity contribution in [2.45, 2.75) is 39.0 Å². The Morgan fingerprint density at radius 1 is 1.22 bits per heavy atom. The highest BCUT2D eigenvalue weighted by Crippen LogP contribution is 2.16. The Morgan fingerprint density at radius 2 is 1.89 bits per heavy atom. The minimum absolute atomic E-state index is 0.222. The topological polar surface area (TPSA) is 32.3 Å². The molecule has 0 spiro atoms. The fourth-order valence-electron chi connectivity index (χ4n) is 2.00. The summed E-state index contributed by atoms with van der Waals surface area (Å²) in [5, 5.41) is 12.6. The summed E-state index contributed by atoms with van der Waals surface area (Å²) in [6, 6.07) is 6.91. The molecule has 1 aromatic rings. The SMILES string of the molecule is CCCNC(CO)CSCc1cc(C)cc(C)c1. The normalized spacial score (nSPS) is 12.7. The third-order valence-corrected chi connectivity index (χ3v) is 3.95. The summed E-state index contributed by atoms with van der Waals surface area (Å²) >= 11 is 1.88. The number of hydrogen-bond donors (Lipinski definition) is 2. The number of rotatable bonds is 8. The summed E-state index contributed by atoms with van der Waals surface area (Å²) in [4.78, 5) is 0. The van der Waals surface area contributed by atoms with Crippen LogP contribution < -0.4 is 5.32 Å². The smallest absolute Gasteiger partial charge is 0.0592 e. The highest BCUT2D eigenvalue weighted by atomic mass is 32.2. The minimum Gasteiger partial charge on any atom is -0.395 e. The first-order valence-corrected chi connectivity index (χ1v) is 7.80. The van der Waals surface area contributed by atoms with E-state index in [-0.39, 0.29) is 12.6 Å². The van der Waals surface area contributed by atoms with Gasteiger partial charge in [0, 0.05) is 17.5 Å². The van der Waals surface area contributed by atoms with E-state index in [4.69, 9.17) is 0 Å². The predicted octanol–water partition coefficient (Wildman–Crippen LogP) is 2.90. The van der Waals surface area contributed by atoms with E-state index < -0.39 is 0 Å². The standard InChI is InChI=1S/C15H25NOS/c1-4-5-16-15(9-17)11-18-10-14-7-12(2)6-13(3)8-14/h6-8,15-17H,4-5,9-11H2,1-3H3. The molecule has 0 radical (unpaired) electrons. The molecule has 0 amide bonds. The van der Waals surface area contributed by atoms with Crippen molar-refractivity contribution in [3.05, 3.63) is 34.9 Å². The van der Waals surface area contributed by atoms with Gasteiger partial charge in [-0.3, -0.25) is 0 Å². The number of hydrogen-bond acceptors (Lipinski definition) is 3. The van der Waals surface area contributed by atoms with Gasteiger partial charge in [-0.2, -0.15) is 11.8 Å². The molecule has 18 heavy (non-hydrogen) atoms. The first-order chi connectivity index (χ1) is 8.65. The average molecular weight is 267 g/mol. The van der Waals surface area contributed by atoms with Crippen LogP contribution in [0.5, 0.6) is 0 Å². The van der Waals surface area contributed by atoms with Gasteiger partial charge in [0.05, 0.1) is 6.61 Å². The van der Waals surface area contributed by atoms with Gasteiger partial charge in [0.25, 0.3) is 0 Å². The maximum absolute atomic E-state index is 9.26. The van der Waals surface area contributed by atoms with Crippen LogP contribution in [0.2, 0.25) is 0 Å². The van der Waals surface area contributed by atoms with Crippen LogP contribution in [-0.2, 0) is 5.75 Å². The number of aryl methyl sites for hydroxylation is 2. The van der Waals surface area contributed by atoms with E-state index in [0.29, 0.717) is 0 Å². The molecule has 1 atom stereocenters. The van der Waals surface area contributed by atoms with Gasteiger partial charge in [-0.05, 0) is 32.4 Å². The molecule has 0 fully saturated rings. The van der Waals surface area contributed by atoms with Gasteiger partial charge in [-0.15, -0.1) is 0 Å². The van der Waals surface area contributed by atoms with Crippen LogP contribution in [0.3, 0.4) is 0 Å². The van der Waals surface area contributed by atoms with Crippen molar-refractivity contribution < 1.29 is 5.11 Å². The van der Waals surface area contributed by atoms with Gasteiger partial charge in [0.2, 0.25) is 0 Å². The molecule has 0 saturated heterocycles. The first-order valence-electron chi connectivity index (χ1n) is 6.65. The van der Waals surface area contributed by atoms with E-state index in [9.17, 15) is 5.11 Å². The van der Waals surface area contributed by atoms with E-state index >= 15 is 0 Å². The summed E-state index contributed by atoms with van der Waals surface area (Å²) in [7, 11) is 0. The molecule has 0 saturated carbocycles. The van der Waals surface area contributed by atoms with Gasteiger partial charge in [-0.1, -0.05) is 36.2 Å². The number of thioether (sulfide) groups is 1. The maximum Gasteiger partial charge on any atom is 0.0592 e. The number of benzene rings is 1. The second-order valence-corrected chi connectivity index (χ2v) is 5.87. The number of aliphatic hydroxyl groups excluding tert-OH is 1. The Balaban J connectivity index is 2.35. The molecule has 2 N–H and O–H groups in total. The fraction of sp³-hybridized carbons (Fsp3) is 0.600. The Kier molecular flexibility index (Phi) is 7.40. The zero-order valence-electron chi connectivity index (χ0n) is 11.7. The lowest BCUT2D eigenvalue weighted by Crippen LogP contribution is -2.35.